The molecule has 0 bridgehead atoms. The van der Waals surface area contributed by atoms with Crippen LogP contribution in [0, 0.1) is 23.7 Å². The molecule has 3 saturated carbocycles. The maximum atomic E-state index is 13.0. The van der Waals surface area contributed by atoms with E-state index in [0.717, 1.165) is 38.5 Å². The van der Waals surface area contributed by atoms with Gasteiger partial charge in [0.2, 0.25) is 5.91 Å². The van der Waals surface area contributed by atoms with Gasteiger partial charge in [-0.2, -0.15) is 0 Å². The molecule has 3 fully saturated rings. The number of alkyl halides is 1. The highest BCUT2D eigenvalue weighted by Gasteiger charge is 2.44. The number of phosphoric ester groups is 1. The molecule has 0 spiro atoms. The zero-order valence-electron chi connectivity index (χ0n) is 15.3. The SMILES string of the molecule is CC1CCC(Cl)CC1NC(=O)C1CC2CCCCC2CC1OP(=O)(O)O. The summed E-state index contributed by atoms with van der Waals surface area (Å²) in [4.78, 5) is 31.6. The first-order valence-electron chi connectivity index (χ1n) is 9.91. The van der Waals surface area contributed by atoms with Crippen molar-refractivity contribution in [2.45, 2.75) is 82.2 Å². The van der Waals surface area contributed by atoms with Crippen LogP contribution in [0.1, 0.15) is 64.7 Å². The normalized spacial score (nSPS) is 41.3. The van der Waals surface area contributed by atoms with E-state index < -0.39 is 19.8 Å². The van der Waals surface area contributed by atoms with Crippen LogP contribution in [0.25, 0.3) is 0 Å². The van der Waals surface area contributed by atoms with Gasteiger partial charge in [0.1, 0.15) is 0 Å². The fourth-order valence-electron chi connectivity index (χ4n) is 5.18. The average Bonchev–Trinajstić information content (AvgIpc) is 2.56. The molecule has 0 saturated heterocycles. The minimum absolute atomic E-state index is 0.0264. The lowest BCUT2D eigenvalue weighted by Gasteiger charge is -2.43. The van der Waals surface area contributed by atoms with Gasteiger partial charge in [0.25, 0.3) is 0 Å². The van der Waals surface area contributed by atoms with Crippen molar-refractivity contribution in [3.63, 3.8) is 0 Å². The fraction of sp³-hybridized carbons (Fsp3) is 0.944. The van der Waals surface area contributed by atoms with Gasteiger partial charge < -0.3 is 15.1 Å². The van der Waals surface area contributed by atoms with Gasteiger partial charge in [0, 0.05) is 11.4 Å². The average molecular weight is 408 g/mol. The molecular weight excluding hydrogens is 377 g/mol. The molecule has 1 amide bonds. The largest absolute Gasteiger partial charge is 0.469 e. The van der Waals surface area contributed by atoms with Gasteiger partial charge >= 0.3 is 7.82 Å². The van der Waals surface area contributed by atoms with E-state index in [1.54, 1.807) is 0 Å². The standard InChI is InChI=1S/C18H31ClNO5P/c1-11-6-7-14(19)10-16(11)20-18(21)15-8-12-4-2-3-5-13(12)9-17(15)25-26(22,23)24/h11-17H,2-10H2,1H3,(H,20,21)(H2,22,23,24). The topological polar surface area (TPSA) is 95.9 Å². The van der Waals surface area contributed by atoms with Crippen molar-refractivity contribution in [1.29, 1.82) is 0 Å². The van der Waals surface area contributed by atoms with E-state index in [1.807, 2.05) is 0 Å². The summed E-state index contributed by atoms with van der Waals surface area (Å²) < 4.78 is 16.5. The van der Waals surface area contributed by atoms with Crippen LogP contribution in [0.15, 0.2) is 0 Å². The third kappa shape index (κ3) is 5.23. The fourth-order valence-corrected chi connectivity index (χ4v) is 6.08. The van der Waals surface area contributed by atoms with Gasteiger partial charge in [-0.3, -0.25) is 9.32 Å². The van der Waals surface area contributed by atoms with E-state index in [-0.39, 0.29) is 17.3 Å². The highest BCUT2D eigenvalue weighted by Crippen LogP contribution is 2.49. The van der Waals surface area contributed by atoms with Crippen LogP contribution < -0.4 is 5.32 Å². The lowest BCUT2D eigenvalue weighted by Crippen LogP contribution is -2.51. The third-order valence-electron chi connectivity index (χ3n) is 6.68. The van der Waals surface area contributed by atoms with Crippen LogP contribution in [0.4, 0.5) is 0 Å². The number of fused-ring (bicyclic) bond motifs is 1. The highest BCUT2D eigenvalue weighted by atomic mass is 35.5. The quantitative estimate of drug-likeness (QED) is 0.489. The lowest BCUT2D eigenvalue weighted by molar-refractivity contribution is -0.133. The summed E-state index contributed by atoms with van der Waals surface area (Å²) >= 11 is 6.27. The maximum absolute atomic E-state index is 13.0. The minimum atomic E-state index is -4.62. The molecule has 0 aromatic carbocycles. The molecule has 0 aromatic rings. The number of rotatable bonds is 4. The number of carbonyl (C=O) groups excluding carboxylic acids is 1. The van der Waals surface area contributed by atoms with Crippen LogP contribution >= 0.6 is 19.4 Å². The van der Waals surface area contributed by atoms with Crippen LogP contribution in [0.5, 0.6) is 0 Å². The summed E-state index contributed by atoms with van der Waals surface area (Å²) in [6.45, 7) is 2.12. The first kappa shape index (κ1) is 20.6. The van der Waals surface area contributed by atoms with Gasteiger partial charge in [-0.05, 0) is 49.9 Å². The van der Waals surface area contributed by atoms with Gasteiger partial charge in [0.15, 0.2) is 0 Å². The summed E-state index contributed by atoms with van der Waals surface area (Å²) in [6.07, 6.45) is 7.69. The molecule has 0 aromatic heterocycles. The smallest absolute Gasteiger partial charge is 0.353 e. The first-order chi connectivity index (χ1) is 12.2. The number of nitrogens with one attached hydrogen (secondary N) is 1. The Kier molecular flexibility index (Phi) is 6.72. The van der Waals surface area contributed by atoms with Crippen molar-refractivity contribution < 1.29 is 23.7 Å². The molecule has 26 heavy (non-hydrogen) atoms. The second-order valence-corrected chi connectivity index (χ2v) is 10.3. The molecule has 8 heteroatoms. The van der Waals surface area contributed by atoms with E-state index in [4.69, 9.17) is 16.1 Å². The van der Waals surface area contributed by atoms with Crippen molar-refractivity contribution >= 4 is 25.3 Å². The van der Waals surface area contributed by atoms with E-state index >= 15 is 0 Å². The molecule has 3 N–H and O–H groups in total. The van der Waals surface area contributed by atoms with Crippen LogP contribution in [0.2, 0.25) is 0 Å². The minimum Gasteiger partial charge on any atom is -0.353 e. The first-order valence-corrected chi connectivity index (χ1v) is 11.9. The Hall–Kier alpha value is -0.130. The Balaban J connectivity index is 1.70. The van der Waals surface area contributed by atoms with Crippen LogP contribution in [0.3, 0.4) is 0 Å². The second kappa shape index (κ2) is 8.48. The monoisotopic (exact) mass is 407 g/mol. The van der Waals surface area contributed by atoms with Crippen molar-refractivity contribution in [3.8, 4) is 0 Å². The van der Waals surface area contributed by atoms with Gasteiger partial charge in [-0.15, -0.1) is 11.6 Å². The second-order valence-electron chi connectivity index (χ2n) is 8.52. The van der Waals surface area contributed by atoms with Crippen LogP contribution in [-0.4, -0.2) is 33.2 Å². The van der Waals surface area contributed by atoms with Gasteiger partial charge in [0.05, 0.1) is 12.0 Å². The molecule has 0 aliphatic heterocycles. The predicted molar refractivity (Wildman–Crippen MR) is 99.7 cm³/mol. The van der Waals surface area contributed by atoms with E-state index in [2.05, 4.69) is 12.2 Å². The Morgan fingerprint density at radius 1 is 1.08 bits per heavy atom. The van der Waals surface area contributed by atoms with E-state index in [9.17, 15) is 19.1 Å². The molecule has 3 rings (SSSR count). The Morgan fingerprint density at radius 3 is 2.38 bits per heavy atom. The van der Waals surface area contributed by atoms with E-state index in [0.29, 0.717) is 30.6 Å². The van der Waals surface area contributed by atoms with Crippen molar-refractivity contribution in [3.05, 3.63) is 0 Å². The molecule has 0 heterocycles. The van der Waals surface area contributed by atoms with Gasteiger partial charge in [-0.1, -0.05) is 32.6 Å². The number of hydrogen-bond acceptors (Lipinski definition) is 3. The molecule has 150 valence electrons. The van der Waals surface area contributed by atoms with Crippen molar-refractivity contribution in [1.82, 2.24) is 5.32 Å². The van der Waals surface area contributed by atoms with Gasteiger partial charge in [-0.25, -0.2) is 4.57 Å². The number of phosphoric acid groups is 1. The summed E-state index contributed by atoms with van der Waals surface area (Å²) in [5.41, 5.74) is 0. The molecule has 7 atom stereocenters. The van der Waals surface area contributed by atoms with Crippen molar-refractivity contribution in [2.24, 2.45) is 23.7 Å². The summed E-state index contributed by atoms with van der Waals surface area (Å²) in [7, 11) is -4.62. The molecule has 7 unspecified atom stereocenters. The molecule has 6 nitrogen and oxygen atoms in total. The zero-order valence-corrected chi connectivity index (χ0v) is 17.0. The van der Waals surface area contributed by atoms with Crippen molar-refractivity contribution in [2.75, 3.05) is 0 Å². The molecular formula is C18H31ClNO5P. The Bertz CT molecular complexity index is 556. The maximum Gasteiger partial charge on any atom is 0.469 e. The number of hydrogen-bond donors (Lipinski definition) is 3. The highest BCUT2D eigenvalue weighted by molar-refractivity contribution is 7.46. The Labute approximate surface area is 160 Å². The third-order valence-corrected chi connectivity index (χ3v) is 7.62. The summed E-state index contributed by atoms with van der Waals surface area (Å²) in [6, 6.07) is 0.0264. The lowest BCUT2D eigenvalue weighted by atomic mass is 9.66. The summed E-state index contributed by atoms with van der Waals surface area (Å²) in [5.74, 6) is 0.604. The zero-order chi connectivity index (χ0) is 18.9. The molecule has 0 radical (unpaired) electrons. The number of halogens is 1. The molecule has 3 aliphatic carbocycles. The van der Waals surface area contributed by atoms with E-state index in [1.165, 1.54) is 6.42 Å². The molecule has 3 aliphatic rings. The van der Waals surface area contributed by atoms with Crippen LogP contribution in [-0.2, 0) is 13.9 Å². The Morgan fingerprint density at radius 2 is 1.73 bits per heavy atom. The number of carbonyl (C=O) groups is 1. The summed E-state index contributed by atoms with van der Waals surface area (Å²) in [5, 5.41) is 3.20. The predicted octanol–water partition coefficient (Wildman–Crippen LogP) is 3.59. The number of amides is 1.